The van der Waals surface area contributed by atoms with E-state index in [2.05, 4.69) is 20.4 Å². The number of nitrogens with one attached hydrogen (secondary N) is 1. The first-order valence-electron chi connectivity index (χ1n) is 10.5. The Labute approximate surface area is 179 Å². The van der Waals surface area contributed by atoms with E-state index in [9.17, 15) is 14.4 Å². The summed E-state index contributed by atoms with van der Waals surface area (Å²) < 4.78 is 1.63. The summed E-state index contributed by atoms with van der Waals surface area (Å²) in [5.74, 6) is 0.138. The smallest absolute Gasteiger partial charge is 0.261 e. The molecule has 0 saturated heterocycles. The second-order valence-electron chi connectivity index (χ2n) is 7.54. The number of hydrogen-bond donors (Lipinski definition) is 1. The summed E-state index contributed by atoms with van der Waals surface area (Å²) in [7, 11) is 0. The molecule has 3 heterocycles. The molecular formula is C22H24N6O3. The molecule has 1 aromatic carbocycles. The Morgan fingerprint density at radius 1 is 0.968 bits per heavy atom. The number of imide groups is 1. The second kappa shape index (κ2) is 9.46. The summed E-state index contributed by atoms with van der Waals surface area (Å²) in [5.41, 5.74) is 1.99. The highest BCUT2D eigenvalue weighted by Gasteiger charge is 2.34. The van der Waals surface area contributed by atoms with Gasteiger partial charge in [0.1, 0.15) is 6.33 Å². The number of aryl methyl sites for hydroxylation is 1. The number of carbonyl (C=O) groups excluding carboxylic acids is 3. The average Bonchev–Trinajstić information content (AvgIpc) is 3.34. The van der Waals surface area contributed by atoms with Gasteiger partial charge in [0.15, 0.2) is 0 Å². The predicted molar refractivity (Wildman–Crippen MR) is 112 cm³/mol. The van der Waals surface area contributed by atoms with Crippen LogP contribution < -0.4 is 5.32 Å². The van der Waals surface area contributed by atoms with E-state index < -0.39 is 0 Å². The van der Waals surface area contributed by atoms with Crippen LogP contribution in [-0.4, -0.2) is 55.3 Å². The van der Waals surface area contributed by atoms with E-state index in [4.69, 9.17) is 0 Å². The molecule has 0 fully saturated rings. The predicted octanol–water partition coefficient (Wildman–Crippen LogP) is 2.03. The van der Waals surface area contributed by atoms with E-state index in [1.807, 2.05) is 6.20 Å². The second-order valence-corrected chi connectivity index (χ2v) is 7.54. The molecule has 0 radical (unpaired) electrons. The minimum Gasteiger partial charge on any atom is -0.356 e. The van der Waals surface area contributed by atoms with E-state index in [0.717, 1.165) is 31.2 Å². The van der Waals surface area contributed by atoms with Crippen LogP contribution in [0.1, 0.15) is 58.4 Å². The Hall–Kier alpha value is -3.62. The van der Waals surface area contributed by atoms with Gasteiger partial charge in [0.05, 0.1) is 11.1 Å². The number of carbonyl (C=O) groups is 3. The number of nitrogens with zero attached hydrogens (tertiary/aromatic N) is 5. The molecule has 31 heavy (non-hydrogen) atoms. The molecule has 4 rings (SSSR count). The molecule has 160 valence electrons. The van der Waals surface area contributed by atoms with Gasteiger partial charge < -0.3 is 5.32 Å². The maximum Gasteiger partial charge on any atom is 0.261 e. The van der Waals surface area contributed by atoms with Crippen molar-refractivity contribution in [3.05, 3.63) is 59.7 Å². The molecule has 0 bridgehead atoms. The van der Waals surface area contributed by atoms with Crippen LogP contribution in [0.5, 0.6) is 0 Å². The minimum atomic E-state index is -0.225. The van der Waals surface area contributed by atoms with Crippen molar-refractivity contribution >= 4 is 23.5 Å². The van der Waals surface area contributed by atoms with Crippen LogP contribution >= 0.6 is 0 Å². The molecular weight excluding hydrogens is 396 g/mol. The van der Waals surface area contributed by atoms with Crippen LogP contribution in [0.3, 0.4) is 0 Å². The highest BCUT2D eigenvalue weighted by molar-refractivity contribution is 6.21. The van der Waals surface area contributed by atoms with Crippen LogP contribution in [0.4, 0.5) is 0 Å². The third-order valence-electron chi connectivity index (χ3n) is 5.32. The van der Waals surface area contributed by atoms with Crippen LogP contribution in [0, 0.1) is 0 Å². The molecule has 0 saturated carbocycles. The van der Waals surface area contributed by atoms with Crippen molar-refractivity contribution in [3.8, 4) is 0 Å². The first-order chi connectivity index (χ1) is 15.1. The van der Waals surface area contributed by atoms with Crippen molar-refractivity contribution in [1.29, 1.82) is 0 Å². The first-order valence-corrected chi connectivity index (χ1v) is 10.5. The minimum absolute atomic E-state index is 0.0191. The Morgan fingerprint density at radius 3 is 2.52 bits per heavy atom. The fourth-order valence-electron chi connectivity index (χ4n) is 3.67. The molecule has 0 aliphatic carbocycles. The SMILES string of the molecule is O=C(CCCCCN1C(=O)c2ccccc2C1=O)NCCCc1cnc2ncnn2c1. The molecule has 1 aliphatic heterocycles. The standard InChI is InChI=1S/C22H24N6O3/c29-19(23-11-6-7-16-13-24-22-25-15-26-28(22)14-16)10-2-1-5-12-27-20(30)17-8-3-4-9-18(17)21(27)31/h3-4,8-9,13-15H,1-2,5-7,10-12H2,(H,23,29). The van der Waals surface area contributed by atoms with E-state index in [-0.39, 0.29) is 17.7 Å². The molecule has 0 atom stereocenters. The number of benzene rings is 1. The topological polar surface area (TPSA) is 110 Å². The maximum absolute atomic E-state index is 12.3. The van der Waals surface area contributed by atoms with Gasteiger partial charge in [-0.25, -0.2) is 9.50 Å². The third-order valence-corrected chi connectivity index (χ3v) is 5.32. The number of fused-ring (bicyclic) bond motifs is 2. The van der Waals surface area contributed by atoms with Crippen LogP contribution in [0.15, 0.2) is 43.0 Å². The van der Waals surface area contributed by atoms with Gasteiger partial charge in [-0.3, -0.25) is 19.3 Å². The van der Waals surface area contributed by atoms with Crippen LogP contribution in [-0.2, 0) is 11.2 Å². The summed E-state index contributed by atoms with van der Waals surface area (Å²) >= 11 is 0. The summed E-state index contributed by atoms with van der Waals surface area (Å²) in [6.07, 6.45) is 9.38. The van der Waals surface area contributed by atoms with Gasteiger partial charge >= 0.3 is 0 Å². The molecule has 1 N–H and O–H groups in total. The fourth-order valence-corrected chi connectivity index (χ4v) is 3.67. The van der Waals surface area contributed by atoms with Gasteiger partial charge in [-0.05, 0) is 43.4 Å². The van der Waals surface area contributed by atoms with Gasteiger partial charge in [-0.2, -0.15) is 10.1 Å². The zero-order chi connectivity index (χ0) is 21.6. The number of aromatic nitrogens is 4. The Bertz CT molecular complexity index is 1070. The van der Waals surface area contributed by atoms with Gasteiger partial charge in [-0.15, -0.1) is 0 Å². The summed E-state index contributed by atoms with van der Waals surface area (Å²) in [4.78, 5) is 46.1. The molecule has 9 nitrogen and oxygen atoms in total. The zero-order valence-electron chi connectivity index (χ0n) is 17.2. The molecule has 3 amide bonds. The lowest BCUT2D eigenvalue weighted by atomic mass is 10.1. The third kappa shape index (κ3) is 4.76. The molecule has 2 aromatic heterocycles. The molecule has 9 heteroatoms. The van der Waals surface area contributed by atoms with Crippen LogP contribution in [0.25, 0.3) is 5.78 Å². The molecule has 3 aromatic rings. The van der Waals surface area contributed by atoms with E-state index in [1.165, 1.54) is 11.2 Å². The Kier molecular flexibility index (Phi) is 6.30. The fraction of sp³-hybridized carbons (Fsp3) is 0.364. The number of rotatable bonds is 10. The van der Waals surface area contributed by atoms with Gasteiger partial charge in [-0.1, -0.05) is 18.6 Å². The first kappa shape index (κ1) is 20.6. The van der Waals surface area contributed by atoms with Crippen molar-refractivity contribution in [2.75, 3.05) is 13.1 Å². The molecule has 0 spiro atoms. The summed E-state index contributed by atoms with van der Waals surface area (Å²) in [6, 6.07) is 6.89. The highest BCUT2D eigenvalue weighted by Crippen LogP contribution is 2.22. The Balaban J connectivity index is 1.08. The number of amides is 3. The number of hydrogen-bond acceptors (Lipinski definition) is 6. The van der Waals surface area contributed by atoms with Crippen molar-refractivity contribution in [2.24, 2.45) is 0 Å². The lowest BCUT2D eigenvalue weighted by Gasteiger charge is -2.13. The zero-order valence-corrected chi connectivity index (χ0v) is 17.2. The highest BCUT2D eigenvalue weighted by atomic mass is 16.2. The van der Waals surface area contributed by atoms with Gasteiger partial charge in [0, 0.05) is 31.9 Å². The maximum atomic E-state index is 12.3. The lowest BCUT2D eigenvalue weighted by Crippen LogP contribution is -2.30. The van der Waals surface area contributed by atoms with Crippen molar-refractivity contribution in [1.82, 2.24) is 29.8 Å². The van der Waals surface area contributed by atoms with Gasteiger partial charge in [0.25, 0.3) is 17.6 Å². The molecule has 0 unspecified atom stereocenters. The Morgan fingerprint density at radius 2 is 1.74 bits per heavy atom. The van der Waals surface area contributed by atoms with E-state index >= 15 is 0 Å². The molecule has 1 aliphatic rings. The monoisotopic (exact) mass is 420 g/mol. The van der Waals surface area contributed by atoms with E-state index in [0.29, 0.717) is 42.8 Å². The lowest BCUT2D eigenvalue weighted by molar-refractivity contribution is -0.121. The van der Waals surface area contributed by atoms with Crippen molar-refractivity contribution in [3.63, 3.8) is 0 Å². The summed E-state index contributed by atoms with van der Waals surface area (Å²) in [6.45, 7) is 0.987. The normalized spacial score (nSPS) is 13.1. The van der Waals surface area contributed by atoms with Crippen molar-refractivity contribution in [2.45, 2.75) is 38.5 Å². The van der Waals surface area contributed by atoms with E-state index in [1.54, 1.807) is 35.0 Å². The van der Waals surface area contributed by atoms with Crippen LogP contribution in [0.2, 0.25) is 0 Å². The number of unbranched alkanes of at least 4 members (excludes halogenated alkanes) is 2. The van der Waals surface area contributed by atoms with Crippen molar-refractivity contribution < 1.29 is 14.4 Å². The quantitative estimate of drug-likeness (QED) is 0.397. The van der Waals surface area contributed by atoms with Gasteiger partial charge in [0.2, 0.25) is 5.91 Å². The average molecular weight is 420 g/mol. The largest absolute Gasteiger partial charge is 0.356 e. The summed E-state index contributed by atoms with van der Waals surface area (Å²) in [5, 5.41) is 6.99.